The van der Waals surface area contributed by atoms with Crippen LogP contribution in [0.1, 0.15) is 59.3 Å². The Labute approximate surface area is 136 Å². The quantitative estimate of drug-likeness (QED) is 0.780. The summed E-state index contributed by atoms with van der Waals surface area (Å²) in [6.45, 7) is 9.78. The molecule has 0 aromatic rings. The van der Waals surface area contributed by atoms with Gasteiger partial charge in [0, 0.05) is 25.6 Å². The summed E-state index contributed by atoms with van der Waals surface area (Å²) in [7, 11) is 0. The van der Waals surface area contributed by atoms with E-state index in [0.29, 0.717) is 23.8 Å². The van der Waals surface area contributed by atoms with Crippen molar-refractivity contribution >= 4 is 18.3 Å². The predicted octanol–water partition coefficient (Wildman–Crippen LogP) is 3.47. The third-order valence-corrected chi connectivity index (χ3v) is 4.64. The normalized spacial score (nSPS) is 21.2. The molecule has 1 atom stereocenters. The van der Waals surface area contributed by atoms with Crippen molar-refractivity contribution < 1.29 is 4.79 Å². The first-order chi connectivity index (χ1) is 9.54. The number of carbonyl (C=O) groups excluding carboxylic acids is 1. The number of hydrogen-bond donors (Lipinski definition) is 1. The van der Waals surface area contributed by atoms with E-state index < -0.39 is 0 Å². The van der Waals surface area contributed by atoms with Crippen molar-refractivity contribution in [1.29, 1.82) is 0 Å². The van der Waals surface area contributed by atoms with Crippen molar-refractivity contribution in [3.05, 3.63) is 0 Å². The van der Waals surface area contributed by atoms with Gasteiger partial charge in [0.1, 0.15) is 0 Å². The highest BCUT2D eigenvalue weighted by Crippen LogP contribution is 2.28. The van der Waals surface area contributed by atoms with Gasteiger partial charge < -0.3 is 10.2 Å². The number of carbonyl (C=O) groups is 1. The fourth-order valence-corrected chi connectivity index (χ4v) is 3.30. The van der Waals surface area contributed by atoms with Crippen molar-refractivity contribution in [2.24, 2.45) is 17.8 Å². The Morgan fingerprint density at radius 1 is 1.14 bits per heavy atom. The summed E-state index contributed by atoms with van der Waals surface area (Å²) in [5.74, 6) is 2.54. The van der Waals surface area contributed by atoms with Crippen molar-refractivity contribution in [2.75, 3.05) is 19.6 Å². The second-order valence-corrected chi connectivity index (χ2v) is 7.45. The van der Waals surface area contributed by atoms with Crippen LogP contribution >= 0.6 is 12.4 Å². The molecule has 124 valence electrons. The molecular weight excluding hydrogens is 284 g/mol. The van der Waals surface area contributed by atoms with Crippen LogP contribution in [0.15, 0.2) is 0 Å². The summed E-state index contributed by atoms with van der Waals surface area (Å²) < 4.78 is 0. The zero-order valence-corrected chi connectivity index (χ0v) is 14.8. The van der Waals surface area contributed by atoms with E-state index in [1.54, 1.807) is 0 Å². The molecule has 4 heteroatoms. The van der Waals surface area contributed by atoms with Crippen molar-refractivity contribution in [1.82, 2.24) is 10.2 Å². The fourth-order valence-electron chi connectivity index (χ4n) is 3.30. The first-order valence-electron chi connectivity index (χ1n) is 8.55. The van der Waals surface area contributed by atoms with Crippen LogP contribution in [0.4, 0.5) is 0 Å². The summed E-state index contributed by atoms with van der Waals surface area (Å²) in [6, 6.07) is 0.646. The van der Waals surface area contributed by atoms with E-state index in [9.17, 15) is 4.79 Å². The van der Waals surface area contributed by atoms with Crippen LogP contribution in [0.25, 0.3) is 0 Å². The van der Waals surface area contributed by atoms with Crippen LogP contribution in [0.3, 0.4) is 0 Å². The van der Waals surface area contributed by atoms with Crippen LogP contribution in [-0.4, -0.2) is 36.5 Å². The molecule has 0 aromatic carbocycles. The van der Waals surface area contributed by atoms with Gasteiger partial charge >= 0.3 is 0 Å². The Bertz CT molecular complexity index is 310. The second-order valence-electron chi connectivity index (χ2n) is 7.45. The molecular formula is C17H33ClN2O. The second kappa shape index (κ2) is 8.99. The van der Waals surface area contributed by atoms with Gasteiger partial charge in [0.25, 0.3) is 0 Å². The molecule has 0 bridgehead atoms. The number of halogens is 1. The molecule has 1 unspecified atom stereocenters. The third kappa shape index (κ3) is 7.01. The van der Waals surface area contributed by atoms with E-state index in [0.717, 1.165) is 44.7 Å². The highest BCUT2D eigenvalue weighted by molar-refractivity contribution is 5.85. The van der Waals surface area contributed by atoms with E-state index in [1.165, 1.54) is 19.4 Å². The first-order valence-corrected chi connectivity index (χ1v) is 8.55. The number of hydrogen-bond acceptors (Lipinski definition) is 2. The Morgan fingerprint density at radius 2 is 1.76 bits per heavy atom. The number of piperidine rings is 1. The Hall–Kier alpha value is -0.280. The van der Waals surface area contributed by atoms with Crippen LogP contribution in [0.2, 0.25) is 0 Å². The highest BCUT2D eigenvalue weighted by Gasteiger charge is 2.26. The summed E-state index contributed by atoms with van der Waals surface area (Å²) in [6.07, 6.45) is 6.99. The monoisotopic (exact) mass is 316 g/mol. The Balaban J connectivity index is 0.00000220. The topological polar surface area (TPSA) is 32.3 Å². The zero-order valence-electron chi connectivity index (χ0n) is 13.9. The molecule has 0 aromatic heterocycles. The minimum atomic E-state index is 0. The lowest BCUT2D eigenvalue weighted by atomic mass is 9.95. The van der Waals surface area contributed by atoms with E-state index >= 15 is 0 Å². The van der Waals surface area contributed by atoms with Gasteiger partial charge in [-0.1, -0.05) is 20.8 Å². The molecule has 1 aliphatic carbocycles. The molecule has 2 fully saturated rings. The maximum absolute atomic E-state index is 12.3. The highest BCUT2D eigenvalue weighted by atomic mass is 35.5. The van der Waals surface area contributed by atoms with Crippen molar-refractivity contribution in [3.8, 4) is 0 Å². The average molecular weight is 317 g/mol. The lowest BCUT2D eigenvalue weighted by Crippen LogP contribution is -2.45. The van der Waals surface area contributed by atoms with Gasteiger partial charge in [0.2, 0.25) is 5.91 Å². The molecule has 21 heavy (non-hydrogen) atoms. The standard InChI is InChI=1S/C17H32N2O.ClH/c1-13(2)10-14(3)11-17(20)19-8-6-16(7-9-19)18-12-15-4-5-15;/h13-16,18H,4-12H2,1-3H3;1H. The fraction of sp³-hybridized carbons (Fsp3) is 0.941. The van der Waals surface area contributed by atoms with Gasteiger partial charge in [-0.2, -0.15) is 0 Å². The molecule has 1 amide bonds. The average Bonchev–Trinajstić information content (AvgIpc) is 3.19. The molecule has 0 spiro atoms. The number of amides is 1. The molecule has 1 heterocycles. The molecule has 1 saturated carbocycles. The number of rotatable bonds is 7. The summed E-state index contributed by atoms with van der Waals surface area (Å²) in [5.41, 5.74) is 0. The SMILES string of the molecule is CC(C)CC(C)CC(=O)N1CCC(NCC2CC2)CC1.Cl. The molecule has 3 nitrogen and oxygen atoms in total. The van der Waals surface area contributed by atoms with Gasteiger partial charge in [-0.15, -0.1) is 12.4 Å². The molecule has 1 aliphatic heterocycles. The lowest BCUT2D eigenvalue weighted by molar-refractivity contribution is -0.133. The largest absolute Gasteiger partial charge is 0.343 e. The van der Waals surface area contributed by atoms with Crippen LogP contribution in [0, 0.1) is 17.8 Å². The molecule has 1 saturated heterocycles. The van der Waals surface area contributed by atoms with E-state index in [-0.39, 0.29) is 12.4 Å². The van der Waals surface area contributed by atoms with E-state index in [1.807, 2.05) is 0 Å². The van der Waals surface area contributed by atoms with Gasteiger partial charge in [-0.05, 0) is 56.4 Å². The smallest absolute Gasteiger partial charge is 0.222 e. The number of likely N-dealkylation sites (tertiary alicyclic amines) is 1. The van der Waals surface area contributed by atoms with Crippen molar-refractivity contribution in [2.45, 2.75) is 65.3 Å². The number of nitrogens with zero attached hydrogens (tertiary/aromatic N) is 1. The van der Waals surface area contributed by atoms with Gasteiger partial charge in [0.15, 0.2) is 0 Å². The number of nitrogens with one attached hydrogen (secondary N) is 1. The lowest BCUT2D eigenvalue weighted by Gasteiger charge is -2.33. The van der Waals surface area contributed by atoms with E-state index in [4.69, 9.17) is 0 Å². The summed E-state index contributed by atoms with van der Waals surface area (Å²) >= 11 is 0. The molecule has 2 aliphatic rings. The third-order valence-electron chi connectivity index (χ3n) is 4.64. The predicted molar refractivity (Wildman–Crippen MR) is 90.8 cm³/mol. The van der Waals surface area contributed by atoms with Crippen LogP contribution in [0.5, 0.6) is 0 Å². The molecule has 0 radical (unpaired) electrons. The summed E-state index contributed by atoms with van der Waals surface area (Å²) in [4.78, 5) is 14.4. The zero-order chi connectivity index (χ0) is 14.5. The van der Waals surface area contributed by atoms with E-state index in [2.05, 4.69) is 31.0 Å². The minimum absolute atomic E-state index is 0. The van der Waals surface area contributed by atoms with Crippen LogP contribution < -0.4 is 5.32 Å². The van der Waals surface area contributed by atoms with Gasteiger partial charge in [-0.25, -0.2) is 0 Å². The maximum Gasteiger partial charge on any atom is 0.222 e. The first kappa shape index (κ1) is 18.8. The van der Waals surface area contributed by atoms with Gasteiger partial charge in [-0.3, -0.25) is 4.79 Å². The summed E-state index contributed by atoms with van der Waals surface area (Å²) in [5, 5.41) is 3.67. The van der Waals surface area contributed by atoms with Crippen molar-refractivity contribution in [3.63, 3.8) is 0 Å². The molecule has 1 N–H and O–H groups in total. The minimum Gasteiger partial charge on any atom is -0.343 e. The maximum atomic E-state index is 12.3. The van der Waals surface area contributed by atoms with Gasteiger partial charge in [0.05, 0.1) is 0 Å². The van der Waals surface area contributed by atoms with Crippen LogP contribution in [-0.2, 0) is 4.79 Å². The Kier molecular flexibility index (Phi) is 8.04. The molecule has 2 rings (SSSR count). The Morgan fingerprint density at radius 3 is 2.29 bits per heavy atom.